The van der Waals surface area contributed by atoms with E-state index < -0.39 is 0 Å². The van der Waals surface area contributed by atoms with E-state index in [1.807, 2.05) is 19.1 Å². The Hall–Kier alpha value is -2.47. The van der Waals surface area contributed by atoms with Gasteiger partial charge in [-0.2, -0.15) is 0 Å². The first kappa shape index (κ1) is 18.3. The number of methoxy groups -OCH3 is 1. The summed E-state index contributed by atoms with van der Waals surface area (Å²) in [6.07, 6.45) is 6.30. The molecule has 3 aromatic rings. The molecule has 5 nitrogen and oxygen atoms in total. The Morgan fingerprint density at radius 3 is 2.73 bits per heavy atom. The van der Waals surface area contributed by atoms with Crippen LogP contribution in [-0.4, -0.2) is 28.8 Å². The van der Waals surface area contributed by atoms with E-state index in [9.17, 15) is 0 Å². The molecule has 136 valence electrons. The number of ether oxygens (including phenoxy) is 1. The highest BCUT2D eigenvalue weighted by Crippen LogP contribution is 2.24. The minimum atomic E-state index is 0.631. The van der Waals surface area contributed by atoms with Crippen LogP contribution in [0.3, 0.4) is 0 Å². The van der Waals surface area contributed by atoms with Crippen molar-refractivity contribution in [3.8, 4) is 17.0 Å². The van der Waals surface area contributed by atoms with Crippen molar-refractivity contribution in [2.24, 2.45) is 0 Å². The van der Waals surface area contributed by atoms with Crippen LogP contribution < -0.4 is 10.1 Å². The summed E-state index contributed by atoms with van der Waals surface area (Å²) in [7, 11) is 1.64. The molecule has 0 spiro atoms. The Balaban J connectivity index is 1.45. The molecule has 1 aromatic carbocycles. The number of anilines is 1. The lowest BCUT2D eigenvalue weighted by Crippen LogP contribution is -2.01. The maximum absolute atomic E-state index is 5.21. The normalized spacial score (nSPS) is 10.7. The van der Waals surface area contributed by atoms with Crippen molar-refractivity contribution < 1.29 is 4.74 Å². The molecule has 0 unspecified atom stereocenters. The Kier molecular flexibility index (Phi) is 6.55. The zero-order chi connectivity index (χ0) is 18.2. The molecule has 3 rings (SSSR count). The van der Waals surface area contributed by atoms with E-state index in [4.69, 9.17) is 4.74 Å². The van der Waals surface area contributed by atoms with Crippen LogP contribution in [0.1, 0.15) is 29.3 Å². The highest BCUT2D eigenvalue weighted by atomic mass is 32.1. The lowest BCUT2D eigenvalue weighted by atomic mass is 10.1. The number of aromatic nitrogens is 3. The third kappa shape index (κ3) is 5.26. The number of rotatable bonds is 9. The minimum Gasteiger partial charge on any atom is -0.481 e. The monoisotopic (exact) mass is 368 g/mol. The molecule has 0 bridgehead atoms. The summed E-state index contributed by atoms with van der Waals surface area (Å²) in [5.41, 5.74) is 3.40. The van der Waals surface area contributed by atoms with Crippen molar-refractivity contribution in [3.05, 3.63) is 52.6 Å². The molecule has 2 aromatic heterocycles. The third-order valence-corrected chi connectivity index (χ3v) is 5.00. The van der Waals surface area contributed by atoms with Crippen LogP contribution in [0.2, 0.25) is 0 Å². The van der Waals surface area contributed by atoms with Gasteiger partial charge >= 0.3 is 0 Å². The van der Waals surface area contributed by atoms with Crippen LogP contribution in [0, 0.1) is 6.92 Å². The van der Waals surface area contributed by atoms with Gasteiger partial charge in [-0.05, 0) is 49.1 Å². The van der Waals surface area contributed by atoms with E-state index in [-0.39, 0.29) is 0 Å². The summed E-state index contributed by atoms with van der Waals surface area (Å²) >= 11 is 1.70. The van der Waals surface area contributed by atoms with Crippen molar-refractivity contribution in [1.29, 1.82) is 0 Å². The highest BCUT2D eigenvalue weighted by molar-refractivity contribution is 7.11. The topological polar surface area (TPSA) is 59.9 Å². The number of unbranched alkanes of at least 4 members (excludes halogenated alkanes) is 2. The average Bonchev–Trinajstić information content (AvgIpc) is 3.10. The van der Waals surface area contributed by atoms with Gasteiger partial charge in [0.05, 0.1) is 7.11 Å². The second kappa shape index (κ2) is 9.29. The lowest BCUT2D eigenvalue weighted by molar-refractivity contribution is 0.398. The van der Waals surface area contributed by atoms with Gasteiger partial charge in [0.2, 0.25) is 5.88 Å². The van der Waals surface area contributed by atoms with Crippen LogP contribution in [0.5, 0.6) is 5.88 Å². The van der Waals surface area contributed by atoms with Crippen molar-refractivity contribution in [1.82, 2.24) is 15.2 Å². The Morgan fingerprint density at radius 1 is 1.04 bits per heavy atom. The largest absolute Gasteiger partial charge is 0.481 e. The van der Waals surface area contributed by atoms with Gasteiger partial charge in [-0.25, -0.2) is 4.98 Å². The van der Waals surface area contributed by atoms with Gasteiger partial charge in [0.15, 0.2) is 0 Å². The van der Waals surface area contributed by atoms with Gasteiger partial charge in [-0.3, -0.25) is 0 Å². The molecule has 0 saturated heterocycles. The zero-order valence-electron chi connectivity index (χ0n) is 15.2. The van der Waals surface area contributed by atoms with Crippen molar-refractivity contribution in [2.75, 3.05) is 19.0 Å². The molecule has 26 heavy (non-hydrogen) atoms. The summed E-state index contributed by atoms with van der Waals surface area (Å²) in [6.45, 7) is 2.97. The first-order chi connectivity index (χ1) is 12.7. The molecular formula is C20H24N4OS. The molecule has 0 radical (unpaired) electrons. The summed E-state index contributed by atoms with van der Waals surface area (Å²) in [5.74, 6) is 0.631. The lowest BCUT2D eigenvalue weighted by Gasteiger charge is -2.09. The smallest absolute Gasteiger partial charge is 0.213 e. The first-order valence-corrected chi connectivity index (χ1v) is 9.69. The van der Waals surface area contributed by atoms with Crippen LogP contribution >= 0.6 is 11.3 Å². The maximum Gasteiger partial charge on any atom is 0.213 e. The van der Waals surface area contributed by atoms with E-state index in [0.29, 0.717) is 5.88 Å². The molecule has 2 heterocycles. The van der Waals surface area contributed by atoms with Crippen LogP contribution in [0.25, 0.3) is 11.1 Å². The quantitative estimate of drug-likeness (QED) is 0.553. The van der Waals surface area contributed by atoms with E-state index in [0.717, 1.165) is 52.6 Å². The molecule has 0 atom stereocenters. The fourth-order valence-corrected chi connectivity index (χ4v) is 3.51. The predicted molar refractivity (Wildman–Crippen MR) is 107 cm³/mol. The molecule has 6 heteroatoms. The van der Waals surface area contributed by atoms with Gasteiger partial charge in [0.25, 0.3) is 0 Å². The Morgan fingerprint density at radius 2 is 1.92 bits per heavy atom. The number of aryl methyl sites for hydroxylation is 2. The minimum absolute atomic E-state index is 0.631. The summed E-state index contributed by atoms with van der Waals surface area (Å²) < 4.78 is 5.21. The van der Waals surface area contributed by atoms with Crippen LogP contribution in [0.15, 0.2) is 42.6 Å². The Bertz CT molecular complexity index is 834. The van der Waals surface area contributed by atoms with Gasteiger partial charge in [0.1, 0.15) is 10.0 Å². The van der Waals surface area contributed by atoms with Gasteiger partial charge in [-0.1, -0.05) is 18.6 Å². The fourth-order valence-electron chi connectivity index (χ4n) is 2.76. The number of hydrogen-bond donors (Lipinski definition) is 1. The van der Waals surface area contributed by atoms with E-state index in [1.165, 1.54) is 6.42 Å². The van der Waals surface area contributed by atoms with E-state index >= 15 is 0 Å². The van der Waals surface area contributed by atoms with Gasteiger partial charge in [-0.15, -0.1) is 21.5 Å². The zero-order valence-corrected chi connectivity index (χ0v) is 16.1. The molecule has 0 amide bonds. The Labute approximate surface area is 158 Å². The second-order valence-electron chi connectivity index (χ2n) is 6.12. The summed E-state index contributed by atoms with van der Waals surface area (Å²) in [4.78, 5) is 4.16. The SMILES string of the molecule is COc1cc(-c2cccc(NCCCCCc3nnc(C)s3)c2)ccn1. The summed E-state index contributed by atoms with van der Waals surface area (Å²) in [6, 6.07) is 12.4. The molecule has 0 fully saturated rings. The van der Waals surface area contributed by atoms with Crippen molar-refractivity contribution >= 4 is 17.0 Å². The van der Waals surface area contributed by atoms with Crippen molar-refractivity contribution in [3.63, 3.8) is 0 Å². The molecule has 1 N–H and O–H groups in total. The average molecular weight is 369 g/mol. The van der Waals surface area contributed by atoms with E-state index in [1.54, 1.807) is 24.6 Å². The second-order valence-corrected chi connectivity index (χ2v) is 7.39. The standard InChI is InChI=1S/C20H24N4OS/c1-15-23-24-20(26-15)9-4-3-5-11-21-18-8-6-7-16(13-18)17-10-12-22-19(14-17)25-2/h6-8,10,12-14,21H,3-5,9,11H2,1-2H3. The highest BCUT2D eigenvalue weighted by Gasteiger charge is 2.03. The van der Waals surface area contributed by atoms with Gasteiger partial charge in [0, 0.05) is 30.9 Å². The number of benzene rings is 1. The van der Waals surface area contributed by atoms with Crippen molar-refractivity contribution in [2.45, 2.75) is 32.6 Å². The number of hydrogen-bond acceptors (Lipinski definition) is 6. The molecule has 0 aliphatic carbocycles. The maximum atomic E-state index is 5.21. The number of nitrogens with one attached hydrogen (secondary N) is 1. The number of pyridine rings is 1. The molecule has 0 saturated carbocycles. The van der Waals surface area contributed by atoms with Gasteiger partial charge < -0.3 is 10.1 Å². The van der Waals surface area contributed by atoms with E-state index in [2.05, 4.69) is 44.8 Å². The van der Waals surface area contributed by atoms with Crippen LogP contribution in [0.4, 0.5) is 5.69 Å². The number of nitrogens with zero attached hydrogens (tertiary/aromatic N) is 3. The third-order valence-electron chi connectivity index (χ3n) is 4.10. The molecule has 0 aliphatic rings. The fraction of sp³-hybridized carbons (Fsp3) is 0.350. The first-order valence-electron chi connectivity index (χ1n) is 8.88. The summed E-state index contributed by atoms with van der Waals surface area (Å²) in [5, 5.41) is 13.9. The molecule has 0 aliphatic heterocycles. The van der Waals surface area contributed by atoms with Crippen LogP contribution in [-0.2, 0) is 6.42 Å². The predicted octanol–water partition coefficient (Wildman–Crippen LogP) is 4.74. The molecular weight excluding hydrogens is 344 g/mol.